The van der Waals surface area contributed by atoms with Gasteiger partial charge in [0.15, 0.2) is 0 Å². The van der Waals surface area contributed by atoms with E-state index in [0.29, 0.717) is 12.3 Å². The molecular formula is C14H20F2N2O. The second-order valence-electron chi connectivity index (χ2n) is 5.17. The first kappa shape index (κ1) is 15.6. The molecule has 1 amide bonds. The number of carbonyl (C=O) groups is 1. The number of hydrogen-bond acceptors (Lipinski definition) is 2. The van der Waals surface area contributed by atoms with E-state index >= 15 is 0 Å². The maximum absolute atomic E-state index is 13.5. The van der Waals surface area contributed by atoms with Crippen molar-refractivity contribution in [1.82, 2.24) is 4.90 Å². The molecule has 1 rings (SSSR count). The maximum atomic E-state index is 13.5. The Morgan fingerprint density at radius 2 is 2.00 bits per heavy atom. The van der Waals surface area contributed by atoms with E-state index in [1.54, 1.807) is 7.05 Å². The number of nitrogens with two attached hydrogens (primary N) is 1. The van der Waals surface area contributed by atoms with Gasteiger partial charge in [0.05, 0.1) is 6.04 Å². The maximum Gasteiger partial charge on any atom is 0.239 e. The van der Waals surface area contributed by atoms with Gasteiger partial charge in [0.25, 0.3) is 0 Å². The molecule has 0 heterocycles. The third-order valence-corrected chi connectivity index (χ3v) is 2.84. The molecule has 1 atom stereocenters. The van der Waals surface area contributed by atoms with Crippen molar-refractivity contribution >= 4 is 5.91 Å². The van der Waals surface area contributed by atoms with Gasteiger partial charge in [-0.05, 0) is 18.4 Å². The van der Waals surface area contributed by atoms with E-state index in [1.807, 2.05) is 13.8 Å². The van der Waals surface area contributed by atoms with Crippen LogP contribution in [0.5, 0.6) is 0 Å². The predicted octanol–water partition coefficient (Wildman–Crippen LogP) is 2.30. The minimum Gasteiger partial charge on any atom is -0.340 e. The van der Waals surface area contributed by atoms with Crippen LogP contribution in [0.15, 0.2) is 18.2 Å². The smallest absolute Gasteiger partial charge is 0.239 e. The molecule has 106 valence electrons. The highest BCUT2D eigenvalue weighted by Crippen LogP contribution is 2.13. The fourth-order valence-electron chi connectivity index (χ4n) is 1.88. The lowest BCUT2D eigenvalue weighted by Crippen LogP contribution is -2.42. The Morgan fingerprint density at radius 3 is 2.53 bits per heavy atom. The Hall–Kier alpha value is -1.49. The highest BCUT2D eigenvalue weighted by molar-refractivity contribution is 5.81. The predicted molar refractivity (Wildman–Crippen MR) is 70.3 cm³/mol. The zero-order valence-electron chi connectivity index (χ0n) is 11.5. The molecule has 19 heavy (non-hydrogen) atoms. The van der Waals surface area contributed by atoms with Gasteiger partial charge < -0.3 is 10.6 Å². The molecule has 1 aromatic rings. The summed E-state index contributed by atoms with van der Waals surface area (Å²) in [6.45, 7) is 4.04. The summed E-state index contributed by atoms with van der Waals surface area (Å²) in [6, 6.07) is 2.73. The molecule has 0 fully saturated rings. The standard InChI is InChI=1S/C14H20F2N2O/c1-9(2)6-13(17)14(19)18(3)8-10-4-5-11(15)7-12(10)16/h4-5,7,9,13H,6,8,17H2,1-3H3. The van der Waals surface area contributed by atoms with Crippen LogP contribution in [0, 0.1) is 17.6 Å². The van der Waals surface area contributed by atoms with E-state index in [2.05, 4.69) is 0 Å². The van der Waals surface area contributed by atoms with Crippen molar-refractivity contribution in [3.05, 3.63) is 35.4 Å². The van der Waals surface area contributed by atoms with E-state index in [0.717, 1.165) is 6.07 Å². The normalized spacial score (nSPS) is 12.6. The molecule has 1 aromatic carbocycles. The largest absolute Gasteiger partial charge is 0.340 e. The van der Waals surface area contributed by atoms with Crippen molar-refractivity contribution < 1.29 is 13.6 Å². The van der Waals surface area contributed by atoms with Crippen molar-refractivity contribution in [2.24, 2.45) is 11.7 Å². The lowest BCUT2D eigenvalue weighted by atomic mass is 10.0. The quantitative estimate of drug-likeness (QED) is 0.892. The number of likely N-dealkylation sites (N-methyl/N-ethyl adjacent to an activating group) is 1. The van der Waals surface area contributed by atoms with Gasteiger partial charge in [-0.25, -0.2) is 8.78 Å². The fourth-order valence-corrected chi connectivity index (χ4v) is 1.88. The molecule has 0 aromatic heterocycles. The zero-order valence-corrected chi connectivity index (χ0v) is 11.5. The topological polar surface area (TPSA) is 46.3 Å². The first-order chi connectivity index (χ1) is 8.81. The van der Waals surface area contributed by atoms with E-state index in [9.17, 15) is 13.6 Å². The molecule has 0 aliphatic carbocycles. The summed E-state index contributed by atoms with van der Waals surface area (Å²) in [6.07, 6.45) is 0.578. The Morgan fingerprint density at radius 1 is 1.37 bits per heavy atom. The molecule has 2 N–H and O–H groups in total. The summed E-state index contributed by atoms with van der Waals surface area (Å²) in [7, 11) is 1.56. The van der Waals surface area contributed by atoms with Crippen LogP contribution in [0.4, 0.5) is 8.78 Å². The zero-order chi connectivity index (χ0) is 14.6. The van der Waals surface area contributed by atoms with E-state index in [1.165, 1.54) is 17.0 Å². The molecule has 1 unspecified atom stereocenters. The van der Waals surface area contributed by atoms with Crippen molar-refractivity contribution in [2.75, 3.05) is 7.05 Å². The minimum absolute atomic E-state index is 0.0801. The lowest BCUT2D eigenvalue weighted by Gasteiger charge is -2.22. The lowest BCUT2D eigenvalue weighted by molar-refractivity contribution is -0.132. The second-order valence-corrected chi connectivity index (χ2v) is 5.17. The Labute approximate surface area is 112 Å². The van der Waals surface area contributed by atoms with Gasteiger partial charge in [-0.2, -0.15) is 0 Å². The van der Waals surface area contributed by atoms with E-state index < -0.39 is 17.7 Å². The fraction of sp³-hybridized carbons (Fsp3) is 0.500. The molecule has 0 aliphatic rings. The molecule has 3 nitrogen and oxygen atoms in total. The molecule has 0 bridgehead atoms. The van der Waals surface area contributed by atoms with Gasteiger partial charge in [-0.1, -0.05) is 19.9 Å². The average Bonchev–Trinajstić information content (AvgIpc) is 2.30. The molecule has 0 radical (unpaired) electrons. The van der Waals surface area contributed by atoms with Crippen molar-refractivity contribution in [1.29, 1.82) is 0 Å². The minimum atomic E-state index is -0.655. The first-order valence-electron chi connectivity index (χ1n) is 6.25. The third-order valence-electron chi connectivity index (χ3n) is 2.84. The van der Waals surface area contributed by atoms with E-state index in [-0.39, 0.29) is 18.0 Å². The van der Waals surface area contributed by atoms with E-state index in [4.69, 9.17) is 5.73 Å². The van der Waals surface area contributed by atoms with Crippen LogP contribution >= 0.6 is 0 Å². The van der Waals surface area contributed by atoms with Crippen LogP contribution in [-0.4, -0.2) is 23.9 Å². The van der Waals surface area contributed by atoms with Crippen LogP contribution in [0.3, 0.4) is 0 Å². The highest BCUT2D eigenvalue weighted by atomic mass is 19.1. The SMILES string of the molecule is CC(C)CC(N)C(=O)N(C)Cc1ccc(F)cc1F. The summed E-state index contributed by atoms with van der Waals surface area (Å²) in [5.74, 6) is -1.21. The summed E-state index contributed by atoms with van der Waals surface area (Å²) in [5, 5.41) is 0. The van der Waals surface area contributed by atoms with Crippen LogP contribution in [-0.2, 0) is 11.3 Å². The molecule has 0 spiro atoms. The van der Waals surface area contributed by atoms with Crippen molar-refractivity contribution in [3.8, 4) is 0 Å². The third kappa shape index (κ3) is 4.59. The number of carbonyl (C=O) groups excluding carboxylic acids is 1. The number of benzene rings is 1. The summed E-state index contributed by atoms with van der Waals surface area (Å²) >= 11 is 0. The van der Waals surface area contributed by atoms with Gasteiger partial charge in [0, 0.05) is 25.2 Å². The molecular weight excluding hydrogens is 250 g/mol. The van der Waals surface area contributed by atoms with Crippen LogP contribution < -0.4 is 5.73 Å². The molecule has 5 heteroatoms. The molecule has 0 aliphatic heterocycles. The number of nitrogens with zero attached hydrogens (tertiary/aromatic N) is 1. The Balaban J connectivity index is 2.68. The summed E-state index contributed by atoms with van der Waals surface area (Å²) < 4.78 is 26.3. The van der Waals surface area contributed by atoms with Crippen LogP contribution in [0.25, 0.3) is 0 Å². The van der Waals surface area contributed by atoms with Crippen LogP contribution in [0.1, 0.15) is 25.8 Å². The second kappa shape index (κ2) is 6.61. The number of hydrogen-bond donors (Lipinski definition) is 1. The summed E-state index contributed by atoms with van der Waals surface area (Å²) in [5.41, 5.74) is 6.06. The monoisotopic (exact) mass is 270 g/mol. The molecule has 0 saturated heterocycles. The Kier molecular flexibility index (Phi) is 5.42. The number of rotatable bonds is 5. The highest BCUT2D eigenvalue weighted by Gasteiger charge is 2.20. The van der Waals surface area contributed by atoms with Gasteiger partial charge >= 0.3 is 0 Å². The van der Waals surface area contributed by atoms with Gasteiger partial charge in [0.1, 0.15) is 11.6 Å². The number of halogens is 2. The number of amides is 1. The summed E-state index contributed by atoms with van der Waals surface area (Å²) in [4.78, 5) is 13.3. The van der Waals surface area contributed by atoms with Gasteiger partial charge in [0.2, 0.25) is 5.91 Å². The van der Waals surface area contributed by atoms with Crippen molar-refractivity contribution in [2.45, 2.75) is 32.9 Å². The van der Waals surface area contributed by atoms with Gasteiger partial charge in [-0.15, -0.1) is 0 Å². The van der Waals surface area contributed by atoms with Gasteiger partial charge in [-0.3, -0.25) is 4.79 Å². The Bertz CT molecular complexity index is 449. The van der Waals surface area contributed by atoms with Crippen molar-refractivity contribution in [3.63, 3.8) is 0 Å². The first-order valence-corrected chi connectivity index (χ1v) is 6.25. The molecule has 0 saturated carbocycles. The van der Waals surface area contributed by atoms with Crippen LogP contribution in [0.2, 0.25) is 0 Å². The average molecular weight is 270 g/mol.